The fourth-order valence-corrected chi connectivity index (χ4v) is 2.60. The first-order valence-corrected chi connectivity index (χ1v) is 6.38. The first-order valence-electron chi connectivity index (χ1n) is 6.38. The van der Waals surface area contributed by atoms with Crippen LogP contribution in [-0.2, 0) is 4.74 Å². The molecule has 0 spiro atoms. The summed E-state index contributed by atoms with van der Waals surface area (Å²) in [6.45, 7) is 10.8. The van der Waals surface area contributed by atoms with Crippen molar-refractivity contribution in [2.75, 3.05) is 33.4 Å². The van der Waals surface area contributed by atoms with Gasteiger partial charge in [-0.1, -0.05) is 13.8 Å². The lowest BCUT2D eigenvalue weighted by Gasteiger charge is -2.48. The van der Waals surface area contributed by atoms with E-state index < -0.39 is 0 Å². The molecule has 1 rings (SSSR count). The summed E-state index contributed by atoms with van der Waals surface area (Å²) in [4.78, 5) is 2.56. The lowest BCUT2D eigenvalue weighted by atomic mass is 9.81. The average molecular weight is 228 g/mol. The maximum atomic E-state index is 5.97. The SMILES string of the molecule is COCCC(C)(CN)N1CCCC(C)(C)C1. The third-order valence-electron chi connectivity index (χ3n) is 3.95. The highest BCUT2D eigenvalue weighted by Gasteiger charge is 2.36. The van der Waals surface area contributed by atoms with E-state index in [1.807, 2.05) is 0 Å². The molecule has 0 aliphatic carbocycles. The van der Waals surface area contributed by atoms with Crippen LogP contribution in [0.25, 0.3) is 0 Å². The first-order chi connectivity index (χ1) is 7.43. The Kier molecular flexibility index (Phi) is 4.77. The van der Waals surface area contributed by atoms with Gasteiger partial charge in [-0.2, -0.15) is 0 Å². The summed E-state index contributed by atoms with van der Waals surface area (Å²) in [5.74, 6) is 0. The number of nitrogens with zero attached hydrogens (tertiary/aromatic N) is 1. The minimum Gasteiger partial charge on any atom is -0.385 e. The van der Waals surface area contributed by atoms with Crippen molar-refractivity contribution in [3.8, 4) is 0 Å². The van der Waals surface area contributed by atoms with E-state index >= 15 is 0 Å². The largest absolute Gasteiger partial charge is 0.385 e. The number of likely N-dealkylation sites (tertiary alicyclic amines) is 1. The zero-order valence-corrected chi connectivity index (χ0v) is 11.4. The minimum absolute atomic E-state index is 0.105. The third kappa shape index (κ3) is 3.44. The molecule has 1 fully saturated rings. The summed E-state index contributed by atoms with van der Waals surface area (Å²) in [7, 11) is 1.76. The fourth-order valence-electron chi connectivity index (χ4n) is 2.60. The molecule has 1 atom stereocenters. The van der Waals surface area contributed by atoms with E-state index in [1.165, 1.54) is 19.4 Å². The molecule has 3 nitrogen and oxygen atoms in total. The molecule has 96 valence electrons. The summed E-state index contributed by atoms with van der Waals surface area (Å²) >= 11 is 0. The molecule has 0 aromatic heterocycles. The highest BCUT2D eigenvalue weighted by molar-refractivity contribution is 4.92. The van der Waals surface area contributed by atoms with Gasteiger partial charge in [-0.05, 0) is 38.1 Å². The van der Waals surface area contributed by atoms with Crippen molar-refractivity contribution in [1.82, 2.24) is 4.90 Å². The first kappa shape index (κ1) is 13.9. The van der Waals surface area contributed by atoms with Crippen molar-refractivity contribution in [3.63, 3.8) is 0 Å². The Bertz CT molecular complexity index is 218. The second-order valence-corrected chi connectivity index (χ2v) is 6.13. The molecule has 0 aromatic carbocycles. The van der Waals surface area contributed by atoms with Crippen LogP contribution in [0.5, 0.6) is 0 Å². The number of methoxy groups -OCH3 is 1. The van der Waals surface area contributed by atoms with Crippen LogP contribution in [0, 0.1) is 5.41 Å². The van der Waals surface area contributed by atoms with Gasteiger partial charge in [0.2, 0.25) is 0 Å². The van der Waals surface area contributed by atoms with E-state index in [1.54, 1.807) is 7.11 Å². The van der Waals surface area contributed by atoms with E-state index in [9.17, 15) is 0 Å². The Hall–Kier alpha value is -0.120. The van der Waals surface area contributed by atoms with Crippen LogP contribution in [0.4, 0.5) is 0 Å². The van der Waals surface area contributed by atoms with Crippen molar-refractivity contribution in [2.24, 2.45) is 11.1 Å². The van der Waals surface area contributed by atoms with Crippen LogP contribution in [0.1, 0.15) is 40.0 Å². The van der Waals surface area contributed by atoms with Crippen LogP contribution >= 0.6 is 0 Å². The van der Waals surface area contributed by atoms with E-state index in [4.69, 9.17) is 10.5 Å². The molecule has 1 unspecified atom stereocenters. The van der Waals surface area contributed by atoms with Crippen LogP contribution in [0.3, 0.4) is 0 Å². The summed E-state index contributed by atoms with van der Waals surface area (Å²) in [6.07, 6.45) is 3.64. The standard InChI is InChI=1S/C13H28N2O/c1-12(2)6-5-8-15(11-12)13(3,10-14)7-9-16-4/h5-11,14H2,1-4H3. The molecular formula is C13H28N2O. The average Bonchev–Trinajstić information content (AvgIpc) is 2.24. The second-order valence-electron chi connectivity index (χ2n) is 6.13. The van der Waals surface area contributed by atoms with E-state index in [0.717, 1.165) is 19.6 Å². The summed E-state index contributed by atoms with van der Waals surface area (Å²) < 4.78 is 5.20. The molecule has 2 N–H and O–H groups in total. The maximum absolute atomic E-state index is 5.97. The lowest BCUT2D eigenvalue weighted by Crippen LogP contribution is -2.57. The van der Waals surface area contributed by atoms with Crippen molar-refractivity contribution in [2.45, 2.75) is 45.6 Å². The zero-order valence-electron chi connectivity index (χ0n) is 11.4. The van der Waals surface area contributed by atoms with Gasteiger partial charge in [-0.15, -0.1) is 0 Å². The fraction of sp³-hybridized carbons (Fsp3) is 1.00. The number of nitrogens with two attached hydrogens (primary N) is 1. The van der Waals surface area contributed by atoms with Gasteiger partial charge in [0.25, 0.3) is 0 Å². The highest BCUT2D eigenvalue weighted by atomic mass is 16.5. The Labute approximate surface area is 100 Å². The molecular weight excluding hydrogens is 200 g/mol. The van der Waals surface area contributed by atoms with Gasteiger partial charge in [-0.3, -0.25) is 4.90 Å². The van der Waals surface area contributed by atoms with Gasteiger partial charge in [-0.25, -0.2) is 0 Å². The van der Waals surface area contributed by atoms with Gasteiger partial charge < -0.3 is 10.5 Å². The molecule has 1 aliphatic rings. The number of rotatable bonds is 5. The van der Waals surface area contributed by atoms with Gasteiger partial charge in [0.05, 0.1) is 0 Å². The Morgan fingerprint density at radius 3 is 2.62 bits per heavy atom. The van der Waals surface area contributed by atoms with Gasteiger partial charge in [0, 0.05) is 32.3 Å². The third-order valence-corrected chi connectivity index (χ3v) is 3.95. The van der Waals surface area contributed by atoms with Crippen molar-refractivity contribution in [1.29, 1.82) is 0 Å². The topological polar surface area (TPSA) is 38.5 Å². The van der Waals surface area contributed by atoms with Crippen molar-refractivity contribution < 1.29 is 4.74 Å². The Morgan fingerprint density at radius 2 is 2.12 bits per heavy atom. The molecule has 0 amide bonds. The lowest BCUT2D eigenvalue weighted by molar-refractivity contribution is 0.0101. The van der Waals surface area contributed by atoms with Crippen molar-refractivity contribution >= 4 is 0 Å². The van der Waals surface area contributed by atoms with E-state index in [-0.39, 0.29) is 5.54 Å². The molecule has 0 bridgehead atoms. The number of hydrogen-bond acceptors (Lipinski definition) is 3. The monoisotopic (exact) mass is 228 g/mol. The molecule has 1 heterocycles. The number of hydrogen-bond donors (Lipinski definition) is 1. The summed E-state index contributed by atoms with van der Waals surface area (Å²) in [6, 6.07) is 0. The number of ether oxygens (including phenoxy) is 1. The molecule has 1 aliphatic heterocycles. The van der Waals surface area contributed by atoms with Gasteiger partial charge >= 0.3 is 0 Å². The molecule has 0 aromatic rings. The zero-order chi connectivity index (χ0) is 12.2. The quantitative estimate of drug-likeness (QED) is 0.780. The van der Waals surface area contributed by atoms with E-state index in [2.05, 4.69) is 25.7 Å². The smallest absolute Gasteiger partial charge is 0.0480 e. The summed E-state index contributed by atoms with van der Waals surface area (Å²) in [5.41, 5.74) is 6.51. The highest BCUT2D eigenvalue weighted by Crippen LogP contribution is 2.33. The number of piperidine rings is 1. The molecule has 0 radical (unpaired) electrons. The van der Waals surface area contributed by atoms with Crippen LogP contribution in [0.15, 0.2) is 0 Å². The van der Waals surface area contributed by atoms with Gasteiger partial charge in [0.1, 0.15) is 0 Å². The molecule has 0 saturated carbocycles. The van der Waals surface area contributed by atoms with E-state index in [0.29, 0.717) is 12.0 Å². The van der Waals surface area contributed by atoms with Crippen molar-refractivity contribution in [3.05, 3.63) is 0 Å². The Balaban J connectivity index is 2.64. The molecule has 16 heavy (non-hydrogen) atoms. The Morgan fingerprint density at radius 1 is 1.44 bits per heavy atom. The van der Waals surface area contributed by atoms with Crippen LogP contribution < -0.4 is 5.73 Å². The maximum Gasteiger partial charge on any atom is 0.0480 e. The minimum atomic E-state index is 0.105. The predicted molar refractivity (Wildman–Crippen MR) is 68.5 cm³/mol. The molecule has 3 heteroatoms. The van der Waals surface area contributed by atoms with Crippen LogP contribution in [0.2, 0.25) is 0 Å². The summed E-state index contributed by atoms with van der Waals surface area (Å²) in [5, 5.41) is 0. The van der Waals surface area contributed by atoms with Gasteiger partial charge in [0.15, 0.2) is 0 Å². The predicted octanol–water partition coefficient (Wildman–Crippen LogP) is 1.86. The molecule has 1 saturated heterocycles. The second kappa shape index (κ2) is 5.48. The van der Waals surface area contributed by atoms with Crippen LogP contribution in [-0.4, -0.2) is 43.8 Å². The normalized spacial score (nSPS) is 25.3.